The molecule has 3 nitrogen and oxygen atoms in total. The number of nitrogens with two attached hydrogens (primary N) is 1. The van der Waals surface area contributed by atoms with Crippen LogP contribution >= 0.6 is 0 Å². The van der Waals surface area contributed by atoms with Gasteiger partial charge in [-0.3, -0.25) is 0 Å². The molecule has 0 aliphatic rings. The Bertz CT molecular complexity index is 332. The van der Waals surface area contributed by atoms with Crippen molar-refractivity contribution in [1.29, 1.82) is 0 Å². The Kier molecular flexibility index (Phi) is 3.56. The maximum absolute atomic E-state index is 5.87. The number of hydrogen-bond donors (Lipinski definition) is 2. The highest BCUT2D eigenvalue weighted by Gasteiger charge is 2.17. The van der Waals surface area contributed by atoms with Crippen LogP contribution in [0.4, 0.5) is 11.5 Å². The second-order valence-corrected chi connectivity index (χ2v) is 4.65. The van der Waals surface area contributed by atoms with Crippen LogP contribution in [0.2, 0.25) is 0 Å². The number of nitrogens with one attached hydrogen (secondary N) is 1. The van der Waals surface area contributed by atoms with Crippen LogP contribution in [0.25, 0.3) is 0 Å². The van der Waals surface area contributed by atoms with E-state index in [4.69, 9.17) is 5.73 Å². The lowest BCUT2D eigenvalue weighted by molar-refractivity contribution is 0.509. The zero-order chi connectivity index (χ0) is 11.5. The summed E-state index contributed by atoms with van der Waals surface area (Å²) < 4.78 is 0. The zero-order valence-electron chi connectivity index (χ0n) is 10.1. The monoisotopic (exact) mass is 207 g/mol. The van der Waals surface area contributed by atoms with Crippen LogP contribution in [0.1, 0.15) is 39.3 Å². The summed E-state index contributed by atoms with van der Waals surface area (Å²) in [6, 6.07) is 3.82. The molecule has 0 saturated carbocycles. The van der Waals surface area contributed by atoms with Gasteiger partial charge in [-0.25, -0.2) is 4.98 Å². The van der Waals surface area contributed by atoms with Gasteiger partial charge in [0.25, 0.3) is 0 Å². The number of aryl methyl sites for hydroxylation is 1. The minimum absolute atomic E-state index is 0.0453. The van der Waals surface area contributed by atoms with Gasteiger partial charge < -0.3 is 11.1 Å². The van der Waals surface area contributed by atoms with Crippen LogP contribution in [-0.2, 0) is 0 Å². The molecule has 0 aliphatic heterocycles. The summed E-state index contributed by atoms with van der Waals surface area (Å²) in [6.45, 7) is 8.48. The minimum atomic E-state index is 0.0453. The molecule has 0 radical (unpaired) electrons. The van der Waals surface area contributed by atoms with Crippen LogP contribution < -0.4 is 11.1 Å². The molecule has 15 heavy (non-hydrogen) atoms. The van der Waals surface area contributed by atoms with Crippen molar-refractivity contribution in [3.8, 4) is 0 Å². The quantitative estimate of drug-likeness (QED) is 0.798. The van der Waals surface area contributed by atoms with Crippen molar-refractivity contribution in [2.75, 3.05) is 11.1 Å². The Morgan fingerprint density at radius 3 is 2.67 bits per heavy atom. The minimum Gasteiger partial charge on any atom is -0.396 e. The first kappa shape index (κ1) is 11.8. The van der Waals surface area contributed by atoms with Crippen LogP contribution in [-0.4, -0.2) is 10.5 Å². The number of pyridine rings is 1. The summed E-state index contributed by atoms with van der Waals surface area (Å²) in [5.41, 5.74) is 7.61. The van der Waals surface area contributed by atoms with Gasteiger partial charge in [-0.05, 0) is 39.3 Å². The number of nitrogens with zero attached hydrogens (tertiary/aromatic N) is 1. The molecule has 0 spiro atoms. The highest BCUT2D eigenvalue weighted by molar-refractivity contribution is 5.62. The molecule has 3 N–H and O–H groups in total. The molecule has 1 aromatic heterocycles. The Balaban J connectivity index is 2.83. The summed E-state index contributed by atoms with van der Waals surface area (Å²) in [5, 5.41) is 3.39. The summed E-state index contributed by atoms with van der Waals surface area (Å²) in [5.74, 6) is 0.799. The largest absolute Gasteiger partial charge is 0.396 e. The molecule has 0 saturated heterocycles. The van der Waals surface area contributed by atoms with E-state index in [0.29, 0.717) is 5.69 Å². The van der Waals surface area contributed by atoms with Gasteiger partial charge in [-0.1, -0.05) is 13.3 Å². The van der Waals surface area contributed by atoms with Crippen molar-refractivity contribution >= 4 is 11.5 Å². The molecule has 0 amide bonds. The third-order valence-electron chi connectivity index (χ3n) is 2.40. The molecule has 0 bridgehead atoms. The third kappa shape index (κ3) is 3.42. The fourth-order valence-electron chi connectivity index (χ4n) is 1.68. The molecular weight excluding hydrogens is 186 g/mol. The molecule has 84 valence electrons. The molecule has 0 atom stereocenters. The Labute approximate surface area is 92.1 Å². The predicted octanol–water partition coefficient (Wildman–Crippen LogP) is 2.96. The first-order valence-electron chi connectivity index (χ1n) is 5.46. The maximum Gasteiger partial charge on any atom is 0.149 e. The van der Waals surface area contributed by atoms with E-state index in [0.717, 1.165) is 24.4 Å². The van der Waals surface area contributed by atoms with Crippen LogP contribution in [0.5, 0.6) is 0 Å². The van der Waals surface area contributed by atoms with Crippen LogP contribution in [0, 0.1) is 6.92 Å². The van der Waals surface area contributed by atoms with Crippen molar-refractivity contribution in [3.63, 3.8) is 0 Å². The third-order valence-corrected chi connectivity index (χ3v) is 2.40. The fraction of sp³-hybridized carbons (Fsp3) is 0.583. The lowest BCUT2D eigenvalue weighted by atomic mass is 9.99. The molecule has 0 aliphatic carbocycles. The Morgan fingerprint density at radius 2 is 2.07 bits per heavy atom. The Morgan fingerprint density at radius 1 is 1.40 bits per heavy atom. The van der Waals surface area contributed by atoms with Crippen LogP contribution in [0.3, 0.4) is 0 Å². The van der Waals surface area contributed by atoms with Gasteiger partial charge in [0.15, 0.2) is 0 Å². The summed E-state index contributed by atoms with van der Waals surface area (Å²) in [4.78, 5) is 4.40. The number of aromatic nitrogens is 1. The van der Waals surface area contributed by atoms with E-state index in [9.17, 15) is 0 Å². The van der Waals surface area contributed by atoms with Gasteiger partial charge in [0.05, 0.1) is 5.69 Å². The molecule has 0 fully saturated rings. The van der Waals surface area contributed by atoms with Crippen LogP contribution in [0.15, 0.2) is 12.1 Å². The fourth-order valence-corrected chi connectivity index (χ4v) is 1.68. The van der Waals surface area contributed by atoms with Gasteiger partial charge in [-0.2, -0.15) is 0 Å². The van der Waals surface area contributed by atoms with Gasteiger partial charge in [-0.15, -0.1) is 0 Å². The lowest BCUT2D eigenvalue weighted by Gasteiger charge is -2.27. The van der Waals surface area contributed by atoms with Gasteiger partial charge in [0.2, 0.25) is 0 Å². The second kappa shape index (κ2) is 4.51. The lowest BCUT2D eigenvalue weighted by Crippen LogP contribution is -2.31. The standard InChI is InChI=1S/C12H21N3/c1-5-8-12(3,4)15-11-10(13)7-6-9(2)14-11/h6-7H,5,8,13H2,1-4H3,(H,14,15). The molecular formula is C12H21N3. The maximum atomic E-state index is 5.87. The average Bonchev–Trinajstić information content (AvgIpc) is 2.10. The molecule has 3 heteroatoms. The SMILES string of the molecule is CCCC(C)(C)Nc1nc(C)ccc1N. The van der Waals surface area contributed by atoms with Gasteiger partial charge >= 0.3 is 0 Å². The molecule has 0 unspecified atom stereocenters. The zero-order valence-corrected chi connectivity index (χ0v) is 10.1. The van der Waals surface area contributed by atoms with E-state index in [1.54, 1.807) is 0 Å². The first-order chi connectivity index (χ1) is 6.94. The first-order valence-corrected chi connectivity index (χ1v) is 5.46. The predicted molar refractivity (Wildman–Crippen MR) is 66.0 cm³/mol. The van der Waals surface area contributed by atoms with Crippen molar-refractivity contribution in [2.45, 2.75) is 46.1 Å². The number of anilines is 2. The average molecular weight is 207 g/mol. The highest BCUT2D eigenvalue weighted by Crippen LogP contribution is 2.22. The van der Waals surface area contributed by atoms with Crippen molar-refractivity contribution in [3.05, 3.63) is 17.8 Å². The molecule has 1 heterocycles. The second-order valence-electron chi connectivity index (χ2n) is 4.65. The van der Waals surface area contributed by atoms with Gasteiger partial charge in [0.1, 0.15) is 5.82 Å². The highest BCUT2D eigenvalue weighted by atomic mass is 15.1. The van der Waals surface area contributed by atoms with E-state index in [-0.39, 0.29) is 5.54 Å². The smallest absolute Gasteiger partial charge is 0.149 e. The van der Waals surface area contributed by atoms with E-state index in [1.807, 2.05) is 19.1 Å². The normalized spacial score (nSPS) is 11.5. The number of rotatable bonds is 4. The summed E-state index contributed by atoms with van der Waals surface area (Å²) >= 11 is 0. The van der Waals surface area contributed by atoms with E-state index in [1.165, 1.54) is 0 Å². The van der Waals surface area contributed by atoms with Gasteiger partial charge in [0, 0.05) is 11.2 Å². The van der Waals surface area contributed by atoms with Crippen molar-refractivity contribution < 1.29 is 0 Å². The molecule has 0 aromatic carbocycles. The summed E-state index contributed by atoms with van der Waals surface area (Å²) in [6.07, 6.45) is 2.24. The Hall–Kier alpha value is -1.25. The van der Waals surface area contributed by atoms with E-state index < -0.39 is 0 Å². The molecule has 1 rings (SSSR count). The molecule has 1 aromatic rings. The topological polar surface area (TPSA) is 50.9 Å². The number of nitrogen functional groups attached to an aromatic ring is 1. The number of hydrogen-bond acceptors (Lipinski definition) is 3. The van der Waals surface area contributed by atoms with Crippen molar-refractivity contribution in [1.82, 2.24) is 4.98 Å². The van der Waals surface area contributed by atoms with E-state index in [2.05, 4.69) is 31.1 Å². The van der Waals surface area contributed by atoms with Crippen molar-refractivity contribution in [2.24, 2.45) is 0 Å². The van der Waals surface area contributed by atoms with E-state index >= 15 is 0 Å². The summed E-state index contributed by atoms with van der Waals surface area (Å²) in [7, 11) is 0.